The molecule has 0 aliphatic carbocycles. The molecule has 0 aliphatic rings. The summed E-state index contributed by atoms with van der Waals surface area (Å²) in [6.45, 7) is 6.20. The van der Waals surface area contributed by atoms with Crippen molar-refractivity contribution in [1.29, 1.82) is 5.26 Å². The summed E-state index contributed by atoms with van der Waals surface area (Å²) >= 11 is 0. The molecular weight excluding hydrogens is 338 g/mol. The molecule has 1 heterocycles. The van der Waals surface area contributed by atoms with Crippen LogP contribution in [0.5, 0.6) is 0 Å². The van der Waals surface area contributed by atoms with Crippen molar-refractivity contribution in [2.24, 2.45) is 0 Å². The molecule has 6 heteroatoms. The molecule has 0 unspecified atom stereocenters. The van der Waals surface area contributed by atoms with Crippen molar-refractivity contribution in [3.05, 3.63) is 76.1 Å². The van der Waals surface area contributed by atoms with E-state index in [2.05, 4.69) is 22.3 Å². The maximum atomic E-state index is 12.9. The Bertz CT molecular complexity index is 1040. The standard InChI is InChI=1S/C21H21N5O/c1-14-8-9-19(15(2)10-14)26-23-16(3)20(24-26)21(27)25(4)13-18-7-5-6-17(11-18)12-22/h5-11H,13H2,1-4H3. The van der Waals surface area contributed by atoms with Gasteiger partial charge in [-0.3, -0.25) is 4.79 Å². The lowest BCUT2D eigenvalue weighted by Crippen LogP contribution is -2.27. The van der Waals surface area contributed by atoms with Gasteiger partial charge in [-0.15, -0.1) is 5.10 Å². The van der Waals surface area contributed by atoms with Gasteiger partial charge in [-0.1, -0.05) is 29.8 Å². The van der Waals surface area contributed by atoms with Crippen molar-refractivity contribution in [3.8, 4) is 11.8 Å². The summed E-state index contributed by atoms with van der Waals surface area (Å²) in [5.41, 5.74) is 5.44. The second kappa shape index (κ2) is 7.42. The molecule has 136 valence electrons. The lowest BCUT2D eigenvalue weighted by Gasteiger charge is -2.16. The first-order chi connectivity index (χ1) is 12.9. The maximum Gasteiger partial charge on any atom is 0.276 e. The normalized spacial score (nSPS) is 10.5. The number of hydrogen-bond acceptors (Lipinski definition) is 4. The third-order valence-corrected chi connectivity index (χ3v) is 4.38. The van der Waals surface area contributed by atoms with Crippen LogP contribution in [0.3, 0.4) is 0 Å². The van der Waals surface area contributed by atoms with Crippen LogP contribution < -0.4 is 0 Å². The van der Waals surface area contributed by atoms with Crippen LogP contribution in [-0.4, -0.2) is 32.8 Å². The van der Waals surface area contributed by atoms with Gasteiger partial charge < -0.3 is 4.90 Å². The summed E-state index contributed by atoms with van der Waals surface area (Å²) in [7, 11) is 1.72. The molecule has 0 atom stereocenters. The summed E-state index contributed by atoms with van der Waals surface area (Å²) in [6.07, 6.45) is 0. The molecule has 6 nitrogen and oxygen atoms in total. The molecule has 3 rings (SSSR count). The summed E-state index contributed by atoms with van der Waals surface area (Å²) in [5.74, 6) is -0.203. The SMILES string of the molecule is Cc1ccc(-n2nc(C)c(C(=O)N(C)Cc3cccc(C#N)c3)n2)c(C)c1. The summed E-state index contributed by atoms with van der Waals surface area (Å²) in [5, 5.41) is 17.9. The smallest absolute Gasteiger partial charge is 0.276 e. The zero-order chi connectivity index (χ0) is 19.6. The molecule has 0 radical (unpaired) electrons. The molecule has 0 saturated heterocycles. The van der Waals surface area contributed by atoms with Gasteiger partial charge >= 0.3 is 0 Å². The molecule has 0 bridgehead atoms. The van der Waals surface area contributed by atoms with Crippen molar-refractivity contribution in [2.45, 2.75) is 27.3 Å². The average Bonchev–Trinajstić information content (AvgIpc) is 3.02. The second-order valence-electron chi connectivity index (χ2n) is 6.69. The Morgan fingerprint density at radius 3 is 2.63 bits per heavy atom. The number of nitriles is 1. The first-order valence-corrected chi connectivity index (χ1v) is 8.65. The third kappa shape index (κ3) is 3.87. The molecule has 0 fully saturated rings. The van der Waals surface area contributed by atoms with E-state index in [0.717, 1.165) is 22.4 Å². The number of carbonyl (C=O) groups is 1. The van der Waals surface area contributed by atoms with E-state index >= 15 is 0 Å². The van der Waals surface area contributed by atoms with Crippen LogP contribution in [0.1, 0.15) is 38.4 Å². The Labute approximate surface area is 158 Å². The molecule has 0 spiro atoms. The summed E-state index contributed by atoms with van der Waals surface area (Å²) in [6, 6.07) is 15.4. The Morgan fingerprint density at radius 1 is 1.15 bits per heavy atom. The number of aryl methyl sites for hydroxylation is 3. The highest BCUT2D eigenvalue weighted by molar-refractivity contribution is 5.93. The van der Waals surface area contributed by atoms with Crippen LogP contribution in [0.2, 0.25) is 0 Å². The number of rotatable bonds is 4. The highest BCUT2D eigenvalue weighted by atomic mass is 16.2. The van der Waals surface area contributed by atoms with E-state index in [0.29, 0.717) is 23.5 Å². The van der Waals surface area contributed by atoms with Crippen LogP contribution in [0.15, 0.2) is 42.5 Å². The zero-order valence-corrected chi connectivity index (χ0v) is 15.9. The monoisotopic (exact) mass is 359 g/mol. The van der Waals surface area contributed by atoms with E-state index in [4.69, 9.17) is 5.26 Å². The molecule has 1 aromatic heterocycles. The Balaban J connectivity index is 1.84. The topological polar surface area (TPSA) is 74.8 Å². The van der Waals surface area contributed by atoms with Crippen LogP contribution >= 0.6 is 0 Å². The third-order valence-electron chi connectivity index (χ3n) is 4.38. The molecule has 3 aromatic rings. The van der Waals surface area contributed by atoms with Gasteiger partial charge in [0.15, 0.2) is 5.69 Å². The number of carbonyl (C=O) groups excluding carboxylic acids is 1. The largest absolute Gasteiger partial charge is 0.336 e. The lowest BCUT2D eigenvalue weighted by molar-refractivity contribution is 0.0778. The highest BCUT2D eigenvalue weighted by Crippen LogP contribution is 2.16. The van der Waals surface area contributed by atoms with Gasteiger partial charge in [-0.25, -0.2) is 0 Å². The van der Waals surface area contributed by atoms with Gasteiger partial charge in [0.05, 0.1) is 23.0 Å². The van der Waals surface area contributed by atoms with Gasteiger partial charge in [0.1, 0.15) is 0 Å². The number of nitrogens with zero attached hydrogens (tertiary/aromatic N) is 5. The fraction of sp³-hybridized carbons (Fsp3) is 0.238. The highest BCUT2D eigenvalue weighted by Gasteiger charge is 2.20. The second-order valence-corrected chi connectivity index (χ2v) is 6.69. The summed E-state index contributed by atoms with van der Waals surface area (Å²) < 4.78 is 0. The van der Waals surface area contributed by atoms with Gasteiger partial charge in [0.2, 0.25) is 0 Å². The maximum absolute atomic E-state index is 12.9. The lowest BCUT2D eigenvalue weighted by atomic mass is 10.1. The molecule has 0 aliphatic heterocycles. The van der Waals surface area contributed by atoms with Gasteiger partial charge in [0, 0.05) is 13.6 Å². The Hall–Kier alpha value is -3.46. The number of amides is 1. The first-order valence-electron chi connectivity index (χ1n) is 8.65. The minimum Gasteiger partial charge on any atom is -0.336 e. The molecule has 0 N–H and O–H groups in total. The van der Waals surface area contributed by atoms with E-state index < -0.39 is 0 Å². The molecule has 0 saturated carbocycles. The van der Waals surface area contributed by atoms with Crippen LogP contribution in [-0.2, 0) is 6.54 Å². The quantitative estimate of drug-likeness (QED) is 0.716. The van der Waals surface area contributed by atoms with E-state index in [-0.39, 0.29) is 5.91 Å². The van der Waals surface area contributed by atoms with Crippen LogP contribution in [0, 0.1) is 32.1 Å². The number of benzene rings is 2. The van der Waals surface area contributed by atoms with Crippen molar-refractivity contribution < 1.29 is 4.79 Å². The molecule has 27 heavy (non-hydrogen) atoms. The van der Waals surface area contributed by atoms with Crippen LogP contribution in [0.25, 0.3) is 5.69 Å². The van der Waals surface area contributed by atoms with E-state index in [1.54, 1.807) is 31.0 Å². The minimum atomic E-state index is -0.203. The minimum absolute atomic E-state index is 0.203. The Kier molecular flexibility index (Phi) is 5.04. The number of aromatic nitrogens is 3. The Morgan fingerprint density at radius 2 is 1.93 bits per heavy atom. The first kappa shape index (κ1) is 18.3. The van der Waals surface area contributed by atoms with Crippen molar-refractivity contribution >= 4 is 5.91 Å². The van der Waals surface area contributed by atoms with Gasteiger partial charge in [-0.05, 0) is 50.1 Å². The predicted octanol–water partition coefficient (Wildman–Crippen LogP) is 3.34. The zero-order valence-electron chi connectivity index (χ0n) is 15.9. The summed E-state index contributed by atoms with van der Waals surface area (Å²) in [4.78, 5) is 16.0. The van der Waals surface area contributed by atoms with E-state index in [1.165, 1.54) is 4.80 Å². The van der Waals surface area contributed by atoms with Gasteiger partial charge in [0.25, 0.3) is 5.91 Å². The fourth-order valence-corrected chi connectivity index (χ4v) is 2.98. The van der Waals surface area contributed by atoms with Crippen molar-refractivity contribution in [3.63, 3.8) is 0 Å². The fourth-order valence-electron chi connectivity index (χ4n) is 2.98. The predicted molar refractivity (Wildman–Crippen MR) is 103 cm³/mol. The molecular formula is C21H21N5O. The van der Waals surface area contributed by atoms with Crippen LogP contribution in [0.4, 0.5) is 0 Å². The average molecular weight is 359 g/mol. The van der Waals surface area contributed by atoms with E-state index in [1.807, 2.05) is 38.1 Å². The van der Waals surface area contributed by atoms with Gasteiger partial charge in [-0.2, -0.15) is 15.2 Å². The van der Waals surface area contributed by atoms with Crippen molar-refractivity contribution in [2.75, 3.05) is 7.05 Å². The molecule has 1 amide bonds. The molecule has 2 aromatic carbocycles. The number of hydrogen-bond donors (Lipinski definition) is 0. The van der Waals surface area contributed by atoms with E-state index in [9.17, 15) is 4.79 Å². The van der Waals surface area contributed by atoms with Crippen molar-refractivity contribution in [1.82, 2.24) is 19.9 Å².